The van der Waals surface area contributed by atoms with Gasteiger partial charge in [0.25, 0.3) is 0 Å². The van der Waals surface area contributed by atoms with Gasteiger partial charge in [0, 0.05) is 12.2 Å². The van der Waals surface area contributed by atoms with Crippen molar-refractivity contribution < 1.29 is 9.53 Å². The largest absolute Gasteiger partial charge is 0.494 e. The second-order valence-corrected chi connectivity index (χ2v) is 6.11. The number of hydrogen-bond donors (Lipinski definition) is 1. The van der Waals surface area contributed by atoms with Gasteiger partial charge in [-0.3, -0.25) is 9.69 Å². The van der Waals surface area contributed by atoms with E-state index in [2.05, 4.69) is 37.4 Å². The number of aryl methyl sites for hydroxylation is 2. The SMILES string of the molecule is CCOc1ccc(NC(=O)CN(C)Cc2ccc(C)cc2C)cc1. The van der Waals surface area contributed by atoms with Gasteiger partial charge in [-0.25, -0.2) is 0 Å². The topological polar surface area (TPSA) is 41.6 Å². The smallest absolute Gasteiger partial charge is 0.238 e. The highest BCUT2D eigenvalue weighted by molar-refractivity contribution is 5.92. The van der Waals surface area contributed by atoms with Crippen molar-refractivity contribution >= 4 is 11.6 Å². The highest BCUT2D eigenvalue weighted by atomic mass is 16.5. The Kier molecular flexibility index (Phi) is 6.38. The van der Waals surface area contributed by atoms with Gasteiger partial charge in [-0.15, -0.1) is 0 Å². The van der Waals surface area contributed by atoms with Crippen molar-refractivity contribution in [2.24, 2.45) is 0 Å². The fraction of sp³-hybridized carbons (Fsp3) is 0.350. The lowest BCUT2D eigenvalue weighted by Gasteiger charge is -2.18. The molecular formula is C20H26N2O2. The van der Waals surface area contributed by atoms with Crippen molar-refractivity contribution in [2.45, 2.75) is 27.3 Å². The standard InChI is InChI=1S/C20H26N2O2/c1-5-24-19-10-8-18(9-11-19)21-20(23)14-22(4)13-17-7-6-15(2)12-16(17)3/h6-12H,5,13-14H2,1-4H3,(H,21,23). The molecule has 0 aromatic heterocycles. The first-order chi connectivity index (χ1) is 11.5. The normalized spacial score (nSPS) is 10.7. The molecule has 0 spiro atoms. The van der Waals surface area contributed by atoms with Crippen LogP contribution in [0.3, 0.4) is 0 Å². The van der Waals surface area contributed by atoms with Crippen LogP contribution in [0.4, 0.5) is 5.69 Å². The summed E-state index contributed by atoms with van der Waals surface area (Å²) < 4.78 is 5.40. The molecule has 0 heterocycles. The number of rotatable bonds is 7. The zero-order chi connectivity index (χ0) is 17.5. The van der Waals surface area contributed by atoms with E-state index in [9.17, 15) is 4.79 Å². The molecule has 0 saturated carbocycles. The van der Waals surface area contributed by atoms with Gasteiger partial charge in [-0.05, 0) is 63.2 Å². The maximum absolute atomic E-state index is 12.2. The van der Waals surface area contributed by atoms with Gasteiger partial charge in [-0.2, -0.15) is 0 Å². The summed E-state index contributed by atoms with van der Waals surface area (Å²) in [6.45, 7) is 7.88. The molecule has 0 aliphatic carbocycles. The van der Waals surface area contributed by atoms with Crippen LogP contribution in [0.5, 0.6) is 5.75 Å². The molecule has 0 aliphatic rings. The fourth-order valence-electron chi connectivity index (χ4n) is 2.62. The number of anilines is 1. The van der Waals surface area contributed by atoms with Crippen LogP contribution in [0.2, 0.25) is 0 Å². The van der Waals surface area contributed by atoms with Crippen molar-refractivity contribution in [3.8, 4) is 5.75 Å². The number of carbonyl (C=O) groups is 1. The van der Waals surface area contributed by atoms with Gasteiger partial charge >= 0.3 is 0 Å². The number of nitrogens with zero attached hydrogens (tertiary/aromatic N) is 1. The van der Waals surface area contributed by atoms with Gasteiger partial charge in [-0.1, -0.05) is 23.8 Å². The lowest BCUT2D eigenvalue weighted by atomic mass is 10.1. The highest BCUT2D eigenvalue weighted by Gasteiger charge is 2.09. The second-order valence-electron chi connectivity index (χ2n) is 6.11. The lowest BCUT2D eigenvalue weighted by molar-refractivity contribution is -0.117. The quantitative estimate of drug-likeness (QED) is 0.842. The van der Waals surface area contributed by atoms with Gasteiger partial charge in [0.1, 0.15) is 5.75 Å². The van der Waals surface area contributed by atoms with Gasteiger partial charge in [0.2, 0.25) is 5.91 Å². The van der Waals surface area contributed by atoms with Crippen LogP contribution in [-0.4, -0.2) is 31.0 Å². The summed E-state index contributed by atoms with van der Waals surface area (Å²) in [5.74, 6) is 0.786. The molecule has 0 bridgehead atoms. The van der Waals surface area contributed by atoms with Crippen LogP contribution in [0.15, 0.2) is 42.5 Å². The molecule has 0 atom stereocenters. The fourth-order valence-corrected chi connectivity index (χ4v) is 2.62. The molecule has 2 aromatic carbocycles. The molecule has 4 heteroatoms. The van der Waals surface area contributed by atoms with Gasteiger partial charge in [0.15, 0.2) is 0 Å². The first-order valence-electron chi connectivity index (χ1n) is 8.25. The summed E-state index contributed by atoms with van der Waals surface area (Å²) in [5, 5.41) is 2.92. The Morgan fingerprint density at radius 3 is 2.46 bits per heavy atom. The van der Waals surface area contributed by atoms with E-state index in [1.54, 1.807) is 0 Å². The van der Waals surface area contributed by atoms with Crippen molar-refractivity contribution in [3.63, 3.8) is 0 Å². The van der Waals surface area contributed by atoms with Crippen LogP contribution >= 0.6 is 0 Å². The summed E-state index contributed by atoms with van der Waals surface area (Å²) in [6.07, 6.45) is 0. The number of nitrogens with one attached hydrogen (secondary N) is 1. The third-order valence-corrected chi connectivity index (χ3v) is 3.80. The first kappa shape index (κ1) is 18.0. The number of hydrogen-bond acceptors (Lipinski definition) is 3. The summed E-state index contributed by atoms with van der Waals surface area (Å²) in [6, 6.07) is 13.8. The van der Waals surface area contributed by atoms with E-state index < -0.39 is 0 Å². The van der Waals surface area contributed by atoms with E-state index in [0.717, 1.165) is 18.0 Å². The van der Waals surface area contributed by atoms with E-state index >= 15 is 0 Å². The molecule has 0 fully saturated rings. The van der Waals surface area contributed by atoms with Crippen molar-refractivity contribution in [1.82, 2.24) is 4.90 Å². The van der Waals surface area contributed by atoms with Crippen LogP contribution < -0.4 is 10.1 Å². The molecule has 0 saturated heterocycles. The minimum absolute atomic E-state index is 0.0218. The maximum atomic E-state index is 12.2. The zero-order valence-corrected chi connectivity index (χ0v) is 14.9. The van der Waals surface area contributed by atoms with E-state index in [1.165, 1.54) is 16.7 Å². The molecule has 0 aliphatic heterocycles. The van der Waals surface area contributed by atoms with Crippen LogP contribution in [0.25, 0.3) is 0 Å². The second kappa shape index (κ2) is 8.50. The predicted molar refractivity (Wildman–Crippen MR) is 98.5 cm³/mol. The summed E-state index contributed by atoms with van der Waals surface area (Å²) in [5.41, 5.74) is 4.54. The summed E-state index contributed by atoms with van der Waals surface area (Å²) in [7, 11) is 1.96. The monoisotopic (exact) mass is 326 g/mol. The Morgan fingerprint density at radius 2 is 1.83 bits per heavy atom. The molecule has 1 N–H and O–H groups in total. The summed E-state index contributed by atoms with van der Waals surface area (Å²) >= 11 is 0. The van der Waals surface area contributed by atoms with Crippen LogP contribution in [-0.2, 0) is 11.3 Å². The lowest BCUT2D eigenvalue weighted by Crippen LogP contribution is -2.30. The maximum Gasteiger partial charge on any atom is 0.238 e. The zero-order valence-electron chi connectivity index (χ0n) is 14.9. The van der Waals surface area contributed by atoms with E-state index in [-0.39, 0.29) is 5.91 Å². The molecule has 24 heavy (non-hydrogen) atoms. The van der Waals surface area contributed by atoms with E-state index in [0.29, 0.717) is 13.2 Å². The number of benzene rings is 2. The number of amides is 1. The Hall–Kier alpha value is -2.33. The Bertz CT molecular complexity index is 681. The Morgan fingerprint density at radius 1 is 1.12 bits per heavy atom. The van der Waals surface area contributed by atoms with E-state index in [4.69, 9.17) is 4.74 Å². The number of carbonyl (C=O) groups excluding carboxylic acids is 1. The number of ether oxygens (including phenoxy) is 1. The minimum Gasteiger partial charge on any atom is -0.494 e. The van der Waals surface area contributed by atoms with Crippen molar-refractivity contribution in [2.75, 3.05) is 25.5 Å². The molecule has 128 valence electrons. The van der Waals surface area contributed by atoms with Crippen LogP contribution in [0.1, 0.15) is 23.6 Å². The molecule has 0 radical (unpaired) electrons. The minimum atomic E-state index is -0.0218. The van der Waals surface area contributed by atoms with Crippen LogP contribution in [0, 0.1) is 13.8 Å². The number of likely N-dealkylation sites (N-methyl/N-ethyl adjacent to an activating group) is 1. The van der Waals surface area contributed by atoms with Crippen molar-refractivity contribution in [1.29, 1.82) is 0 Å². The first-order valence-corrected chi connectivity index (χ1v) is 8.25. The molecular weight excluding hydrogens is 300 g/mol. The third-order valence-electron chi connectivity index (χ3n) is 3.80. The highest BCUT2D eigenvalue weighted by Crippen LogP contribution is 2.16. The Balaban J connectivity index is 1.86. The average Bonchev–Trinajstić information content (AvgIpc) is 2.52. The molecule has 2 aromatic rings. The third kappa shape index (κ3) is 5.39. The molecule has 4 nitrogen and oxygen atoms in total. The molecule has 0 unspecified atom stereocenters. The molecule has 1 amide bonds. The summed E-state index contributed by atoms with van der Waals surface area (Å²) in [4.78, 5) is 14.2. The van der Waals surface area contributed by atoms with Crippen molar-refractivity contribution in [3.05, 3.63) is 59.2 Å². The Labute approximate surface area is 144 Å². The average molecular weight is 326 g/mol. The van der Waals surface area contributed by atoms with Gasteiger partial charge in [0.05, 0.1) is 13.2 Å². The predicted octanol–water partition coefficient (Wildman–Crippen LogP) is 3.77. The molecule has 2 rings (SSSR count). The van der Waals surface area contributed by atoms with Gasteiger partial charge < -0.3 is 10.1 Å². The van der Waals surface area contributed by atoms with E-state index in [1.807, 2.05) is 43.1 Å².